The number of ether oxygens (including phenoxy) is 2. The molecule has 0 atom stereocenters. The van der Waals surface area contributed by atoms with Crippen LogP contribution >= 0.6 is 11.6 Å². The summed E-state index contributed by atoms with van der Waals surface area (Å²) >= 11 is 6.00. The number of benzene rings is 1. The van der Waals surface area contributed by atoms with Gasteiger partial charge in [-0.15, -0.1) is 0 Å². The third-order valence-corrected chi connectivity index (χ3v) is 2.43. The van der Waals surface area contributed by atoms with Crippen LogP contribution in [0.4, 0.5) is 0 Å². The van der Waals surface area contributed by atoms with Crippen molar-refractivity contribution in [1.29, 1.82) is 0 Å². The van der Waals surface area contributed by atoms with Gasteiger partial charge in [0.15, 0.2) is 6.29 Å². The van der Waals surface area contributed by atoms with E-state index in [4.69, 9.17) is 26.8 Å². The molecule has 3 nitrogen and oxygen atoms in total. The minimum atomic E-state index is -0.372. The van der Waals surface area contributed by atoms with Gasteiger partial charge in [0.25, 0.3) is 0 Å². The molecule has 4 heteroatoms. The van der Waals surface area contributed by atoms with Crippen LogP contribution in [0.15, 0.2) is 24.3 Å². The molecule has 0 unspecified atom stereocenters. The highest BCUT2D eigenvalue weighted by Gasteiger charge is 2.22. The normalized spacial score (nSPS) is 27.6. The maximum absolute atomic E-state index is 6.00. The minimum absolute atomic E-state index is 0.0336. The van der Waals surface area contributed by atoms with Crippen LogP contribution in [0.2, 0.25) is 5.02 Å². The average molecular weight is 214 g/mol. The predicted molar refractivity (Wildman–Crippen MR) is 54.1 cm³/mol. The first kappa shape index (κ1) is 9.93. The second-order valence-electron chi connectivity index (χ2n) is 3.28. The smallest absolute Gasteiger partial charge is 0.185 e. The molecule has 1 aliphatic rings. The Morgan fingerprint density at radius 3 is 2.50 bits per heavy atom. The lowest BCUT2D eigenvalue weighted by molar-refractivity contribution is -0.189. The number of halogens is 1. The molecule has 14 heavy (non-hydrogen) atoms. The number of rotatable bonds is 1. The maximum Gasteiger partial charge on any atom is 0.185 e. The van der Waals surface area contributed by atoms with Crippen LogP contribution in [0.3, 0.4) is 0 Å². The molecule has 0 radical (unpaired) electrons. The van der Waals surface area contributed by atoms with Crippen LogP contribution in [0.5, 0.6) is 0 Å². The largest absolute Gasteiger partial charge is 0.347 e. The Morgan fingerprint density at radius 1 is 1.21 bits per heavy atom. The molecule has 0 saturated carbocycles. The van der Waals surface area contributed by atoms with Gasteiger partial charge in [0.2, 0.25) is 0 Å². The Kier molecular flexibility index (Phi) is 3.03. The van der Waals surface area contributed by atoms with Gasteiger partial charge in [-0.25, -0.2) is 0 Å². The van der Waals surface area contributed by atoms with Gasteiger partial charge in [-0.3, -0.25) is 0 Å². The molecule has 0 bridgehead atoms. The summed E-state index contributed by atoms with van der Waals surface area (Å²) in [5.41, 5.74) is 6.49. The van der Waals surface area contributed by atoms with Crippen molar-refractivity contribution in [2.45, 2.75) is 12.3 Å². The molecule has 0 aromatic heterocycles. The van der Waals surface area contributed by atoms with Crippen molar-refractivity contribution in [3.05, 3.63) is 34.9 Å². The van der Waals surface area contributed by atoms with Gasteiger partial charge in [-0.1, -0.05) is 29.8 Å². The van der Waals surface area contributed by atoms with Gasteiger partial charge >= 0.3 is 0 Å². The van der Waals surface area contributed by atoms with E-state index in [0.29, 0.717) is 18.2 Å². The van der Waals surface area contributed by atoms with Crippen LogP contribution in [0.1, 0.15) is 11.9 Å². The van der Waals surface area contributed by atoms with E-state index in [1.165, 1.54) is 0 Å². The summed E-state index contributed by atoms with van der Waals surface area (Å²) in [6.45, 7) is 1.02. The molecule has 0 aliphatic carbocycles. The zero-order valence-corrected chi connectivity index (χ0v) is 8.41. The van der Waals surface area contributed by atoms with Crippen LogP contribution in [-0.2, 0) is 9.47 Å². The molecule has 0 amide bonds. The van der Waals surface area contributed by atoms with Crippen molar-refractivity contribution in [3.63, 3.8) is 0 Å². The molecule has 1 saturated heterocycles. The summed E-state index contributed by atoms with van der Waals surface area (Å²) in [6.07, 6.45) is -0.372. The Balaban J connectivity index is 2.12. The highest BCUT2D eigenvalue weighted by atomic mass is 35.5. The summed E-state index contributed by atoms with van der Waals surface area (Å²) in [5.74, 6) is 0. The zero-order chi connectivity index (χ0) is 9.97. The fourth-order valence-corrected chi connectivity index (χ4v) is 1.59. The molecule has 2 rings (SSSR count). The maximum atomic E-state index is 6.00. The van der Waals surface area contributed by atoms with E-state index in [0.717, 1.165) is 5.56 Å². The quantitative estimate of drug-likeness (QED) is 0.773. The topological polar surface area (TPSA) is 44.5 Å². The lowest BCUT2D eigenvalue weighted by Crippen LogP contribution is -2.37. The molecule has 1 aromatic carbocycles. The van der Waals surface area contributed by atoms with Crippen LogP contribution < -0.4 is 5.73 Å². The first-order valence-corrected chi connectivity index (χ1v) is 4.88. The predicted octanol–water partition coefficient (Wildman–Crippen LogP) is 1.71. The van der Waals surface area contributed by atoms with Crippen molar-refractivity contribution in [1.82, 2.24) is 0 Å². The highest BCUT2D eigenvalue weighted by Crippen LogP contribution is 2.28. The van der Waals surface area contributed by atoms with E-state index >= 15 is 0 Å². The van der Waals surface area contributed by atoms with E-state index in [9.17, 15) is 0 Å². The van der Waals surface area contributed by atoms with Crippen molar-refractivity contribution >= 4 is 11.6 Å². The second-order valence-corrected chi connectivity index (χ2v) is 3.69. The van der Waals surface area contributed by atoms with Gasteiger partial charge in [-0.05, 0) is 6.07 Å². The zero-order valence-electron chi connectivity index (χ0n) is 7.65. The van der Waals surface area contributed by atoms with Gasteiger partial charge < -0.3 is 15.2 Å². The molecule has 1 fully saturated rings. The molecular formula is C10H12ClNO2. The Bertz CT molecular complexity index is 311. The second kappa shape index (κ2) is 4.28. The molecule has 1 aliphatic heterocycles. The van der Waals surface area contributed by atoms with E-state index < -0.39 is 0 Å². The van der Waals surface area contributed by atoms with E-state index in [2.05, 4.69) is 0 Å². The molecule has 0 spiro atoms. The third kappa shape index (κ3) is 2.07. The summed E-state index contributed by atoms with van der Waals surface area (Å²) in [4.78, 5) is 0. The standard InChI is InChI=1S/C10H12ClNO2/c11-9-4-2-1-3-8(9)10-13-5-7(12)6-14-10/h1-4,7,10H,5-6,12H2. The fraction of sp³-hybridized carbons (Fsp3) is 0.400. The van der Waals surface area contributed by atoms with Crippen molar-refractivity contribution < 1.29 is 9.47 Å². The van der Waals surface area contributed by atoms with E-state index in [1.54, 1.807) is 0 Å². The number of nitrogens with two attached hydrogens (primary N) is 1. The highest BCUT2D eigenvalue weighted by molar-refractivity contribution is 6.31. The van der Waals surface area contributed by atoms with Crippen molar-refractivity contribution in [2.75, 3.05) is 13.2 Å². The lowest BCUT2D eigenvalue weighted by Gasteiger charge is -2.27. The van der Waals surface area contributed by atoms with E-state index in [-0.39, 0.29) is 12.3 Å². The Hall–Kier alpha value is -0.610. The third-order valence-electron chi connectivity index (χ3n) is 2.08. The molecule has 2 N–H and O–H groups in total. The summed E-state index contributed by atoms with van der Waals surface area (Å²) in [5, 5.41) is 0.660. The molecule has 1 heterocycles. The molecule has 76 valence electrons. The van der Waals surface area contributed by atoms with Gasteiger partial charge in [0.1, 0.15) is 0 Å². The Labute approximate surface area is 87.8 Å². The SMILES string of the molecule is NC1COC(c2ccccc2Cl)OC1. The molecule has 1 aromatic rings. The van der Waals surface area contributed by atoms with Gasteiger partial charge in [0.05, 0.1) is 19.3 Å². The van der Waals surface area contributed by atoms with Gasteiger partial charge in [0, 0.05) is 10.6 Å². The number of hydrogen-bond acceptors (Lipinski definition) is 3. The lowest BCUT2D eigenvalue weighted by atomic mass is 10.2. The summed E-state index contributed by atoms with van der Waals surface area (Å²) in [6, 6.07) is 7.46. The summed E-state index contributed by atoms with van der Waals surface area (Å²) < 4.78 is 10.9. The van der Waals surface area contributed by atoms with Crippen molar-refractivity contribution in [2.24, 2.45) is 5.73 Å². The van der Waals surface area contributed by atoms with Crippen LogP contribution in [0.25, 0.3) is 0 Å². The first-order valence-electron chi connectivity index (χ1n) is 4.50. The van der Waals surface area contributed by atoms with Crippen molar-refractivity contribution in [3.8, 4) is 0 Å². The number of hydrogen-bond donors (Lipinski definition) is 1. The molecular weight excluding hydrogens is 202 g/mol. The minimum Gasteiger partial charge on any atom is -0.347 e. The Morgan fingerprint density at radius 2 is 1.86 bits per heavy atom. The van der Waals surface area contributed by atoms with Crippen LogP contribution in [-0.4, -0.2) is 19.3 Å². The fourth-order valence-electron chi connectivity index (χ4n) is 1.36. The van der Waals surface area contributed by atoms with E-state index in [1.807, 2.05) is 24.3 Å². The van der Waals surface area contributed by atoms with Crippen LogP contribution in [0, 0.1) is 0 Å². The van der Waals surface area contributed by atoms with Gasteiger partial charge in [-0.2, -0.15) is 0 Å². The summed E-state index contributed by atoms with van der Waals surface area (Å²) in [7, 11) is 0. The first-order chi connectivity index (χ1) is 6.77. The average Bonchev–Trinajstić information content (AvgIpc) is 2.20. The monoisotopic (exact) mass is 213 g/mol.